The van der Waals surface area contributed by atoms with E-state index in [0.29, 0.717) is 0 Å². The number of carbonyl (C=O) groups excluding carboxylic acids is 2. The zero-order valence-corrected chi connectivity index (χ0v) is 8.07. The van der Waals surface area contributed by atoms with Crippen molar-refractivity contribution in [3.63, 3.8) is 0 Å². The van der Waals surface area contributed by atoms with E-state index in [0.717, 1.165) is 11.0 Å². The van der Waals surface area contributed by atoms with Crippen LogP contribution in [0.1, 0.15) is 0 Å². The van der Waals surface area contributed by atoms with Gasteiger partial charge in [0.1, 0.15) is 13.1 Å². The number of benzene rings is 1. The van der Waals surface area contributed by atoms with Gasteiger partial charge in [0.25, 0.3) is 0 Å². The van der Waals surface area contributed by atoms with Gasteiger partial charge in [0.2, 0.25) is 0 Å². The Labute approximate surface area is 89.4 Å². The molecule has 1 aromatic carbocycles. The lowest BCUT2D eigenvalue weighted by molar-refractivity contribution is -0.160. The third-order valence-electron chi connectivity index (χ3n) is 2.14. The molecule has 0 amide bonds. The lowest BCUT2D eigenvalue weighted by atomic mass is 10.2. The molecule has 16 heavy (non-hydrogen) atoms. The van der Waals surface area contributed by atoms with Gasteiger partial charge in [-0.1, -0.05) is 6.07 Å². The largest absolute Gasteiger partial charge is 0.390 e. The van der Waals surface area contributed by atoms with E-state index in [1.165, 1.54) is 12.1 Å². The van der Waals surface area contributed by atoms with Gasteiger partial charge < -0.3 is 9.64 Å². The molecule has 4 nitrogen and oxygen atoms in total. The number of esters is 2. The smallest absolute Gasteiger partial charge is 0.333 e. The summed E-state index contributed by atoms with van der Waals surface area (Å²) in [7, 11) is 0. The first kappa shape index (κ1) is 10.5. The Hall–Kier alpha value is -1.98. The SMILES string of the molecule is O=C1CN(c2cccc(F)c2F)CC(=O)O1. The Morgan fingerprint density at radius 2 is 1.75 bits per heavy atom. The van der Waals surface area contributed by atoms with E-state index in [-0.39, 0.29) is 18.8 Å². The van der Waals surface area contributed by atoms with Crippen molar-refractivity contribution in [1.29, 1.82) is 0 Å². The first-order valence-corrected chi connectivity index (χ1v) is 4.50. The van der Waals surface area contributed by atoms with Gasteiger partial charge in [-0.05, 0) is 12.1 Å². The molecule has 0 atom stereocenters. The highest BCUT2D eigenvalue weighted by atomic mass is 19.2. The molecule has 0 N–H and O–H groups in total. The highest BCUT2D eigenvalue weighted by Crippen LogP contribution is 2.22. The average molecular weight is 227 g/mol. The molecule has 1 aliphatic rings. The maximum absolute atomic E-state index is 13.4. The van der Waals surface area contributed by atoms with E-state index in [1.54, 1.807) is 0 Å². The summed E-state index contributed by atoms with van der Waals surface area (Å²) >= 11 is 0. The van der Waals surface area contributed by atoms with Crippen LogP contribution in [-0.2, 0) is 14.3 Å². The molecule has 0 radical (unpaired) electrons. The molecule has 0 saturated carbocycles. The van der Waals surface area contributed by atoms with Crippen LogP contribution < -0.4 is 4.90 Å². The van der Waals surface area contributed by atoms with Gasteiger partial charge in [-0.3, -0.25) is 0 Å². The number of ether oxygens (including phenoxy) is 1. The van der Waals surface area contributed by atoms with Crippen molar-refractivity contribution in [3.8, 4) is 0 Å². The Kier molecular flexibility index (Phi) is 2.55. The number of nitrogens with zero attached hydrogens (tertiary/aromatic N) is 1. The second-order valence-electron chi connectivity index (χ2n) is 3.28. The molecule has 1 heterocycles. The number of carbonyl (C=O) groups is 2. The summed E-state index contributed by atoms with van der Waals surface area (Å²) in [5.41, 5.74) is -0.120. The number of hydrogen-bond donors (Lipinski definition) is 0. The second kappa shape index (κ2) is 3.88. The number of hydrogen-bond acceptors (Lipinski definition) is 4. The highest BCUT2D eigenvalue weighted by molar-refractivity contribution is 5.94. The third-order valence-corrected chi connectivity index (χ3v) is 2.14. The fraction of sp³-hybridized carbons (Fsp3) is 0.200. The standard InChI is InChI=1S/C10H7F2NO3/c11-6-2-1-3-7(10(6)12)13-4-8(14)16-9(15)5-13/h1-3H,4-5H2. The molecule has 1 aliphatic heterocycles. The molecule has 0 aromatic heterocycles. The quantitative estimate of drug-likeness (QED) is 0.527. The third kappa shape index (κ3) is 1.86. The average Bonchev–Trinajstić information content (AvgIpc) is 2.20. The van der Waals surface area contributed by atoms with E-state index >= 15 is 0 Å². The van der Waals surface area contributed by atoms with Gasteiger partial charge in [0.15, 0.2) is 11.6 Å². The fourth-order valence-electron chi connectivity index (χ4n) is 1.47. The minimum atomic E-state index is -1.08. The van der Waals surface area contributed by atoms with Crippen LogP contribution in [0.15, 0.2) is 18.2 Å². The van der Waals surface area contributed by atoms with Crippen LogP contribution in [0.2, 0.25) is 0 Å². The topological polar surface area (TPSA) is 46.6 Å². The summed E-state index contributed by atoms with van der Waals surface area (Å²) in [6.45, 7) is -0.543. The van der Waals surface area contributed by atoms with Crippen molar-refractivity contribution in [2.75, 3.05) is 18.0 Å². The summed E-state index contributed by atoms with van der Waals surface area (Å²) in [6, 6.07) is 3.56. The van der Waals surface area contributed by atoms with Crippen LogP contribution in [0.3, 0.4) is 0 Å². The van der Waals surface area contributed by atoms with Crippen molar-refractivity contribution in [3.05, 3.63) is 29.8 Å². The molecule has 6 heteroatoms. The first-order valence-electron chi connectivity index (χ1n) is 4.50. The summed E-state index contributed by atoms with van der Waals surface area (Å²) in [5.74, 6) is -3.66. The maximum Gasteiger partial charge on any atom is 0.333 e. The number of halogens is 2. The van der Waals surface area contributed by atoms with Crippen molar-refractivity contribution in [2.45, 2.75) is 0 Å². The van der Waals surface area contributed by atoms with Crippen LogP contribution in [-0.4, -0.2) is 25.0 Å². The number of morpholine rings is 1. The summed E-state index contributed by atoms with van der Waals surface area (Å²) in [5, 5.41) is 0. The van der Waals surface area contributed by atoms with Crippen molar-refractivity contribution in [2.24, 2.45) is 0 Å². The van der Waals surface area contributed by atoms with Crippen molar-refractivity contribution < 1.29 is 23.1 Å². The van der Waals surface area contributed by atoms with E-state index in [4.69, 9.17) is 0 Å². The monoisotopic (exact) mass is 227 g/mol. The van der Waals surface area contributed by atoms with Gasteiger partial charge in [-0.25, -0.2) is 18.4 Å². The van der Waals surface area contributed by atoms with Crippen LogP contribution in [0, 0.1) is 11.6 Å². The maximum atomic E-state index is 13.4. The molecule has 0 bridgehead atoms. The van der Waals surface area contributed by atoms with Crippen LogP contribution in [0.5, 0.6) is 0 Å². The zero-order chi connectivity index (χ0) is 11.7. The summed E-state index contributed by atoms with van der Waals surface area (Å²) in [6.07, 6.45) is 0. The summed E-state index contributed by atoms with van der Waals surface area (Å²) < 4.78 is 30.6. The molecule has 1 aromatic rings. The van der Waals surface area contributed by atoms with Crippen LogP contribution in [0.25, 0.3) is 0 Å². The normalized spacial score (nSPS) is 16.2. The van der Waals surface area contributed by atoms with Gasteiger partial charge in [0, 0.05) is 0 Å². The second-order valence-corrected chi connectivity index (χ2v) is 3.28. The van der Waals surface area contributed by atoms with E-state index in [2.05, 4.69) is 4.74 Å². The number of rotatable bonds is 1. The predicted molar refractivity (Wildman–Crippen MR) is 49.7 cm³/mol. The zero-order valence-electron chi connectivity index (χ0n) is 8.07. The highest BCUT2D eigenvalue weighted by Gasteiger charge is 2.27. The van der Waals surface area contributed by atoms with Gasteiger partial charge >= 0.3 is 11.9 Å². The van der Waals surface area contributed by atoms with Crippen LogP contribution in [0.4, 0.5) is 14.5 Å². The molecule has 1 fully saturated rings. The minimum Gasteiger partial charge on any atom is -0.390 e. The number of cyclic esters (lactones) is 2. The molecule has 2 rings (SSSR count). The Morgan fingerprint density at radius 3 is 2.38 bits per heavy atom. The van der Waals surface area contributed by atoms with Crippen LogP contribution >= 0.6 is 0 Å². The first-order chi connectivity index (χ1) is 7.58. The van der Waals surface area contributed by atoms with E-state index < -0.39 is 23.6 Å². The Balaban J connectivity index is 2.33. The summed E-state index contributed by atoms with van der Waals surface area (Å²) in [4.78, 5) is 23.0. The molecule has 0 spiro atoms. The molecule has 1 saturated heterocycles. The number of anilines is 1. The van der Waals surface area contributed by atoms with E-state index in [1.807, 2.05) is 0 Å². The molecule has 0 unspecified atom stereocenters. The van der Waals surface area contributed by atoms with E-state index in [9.17, 15) is 18.4 Å². The molecule has 0 aliphatic carbocycles. The molecule has 84 valence electrons. The van der Waals surface area contributed by atoms with Crippen molar-refractivity contribution in [1.82, 2.24) is 0 Å². The van der Waals surface area contributed by atoms with Gasteiger partial charge in [-0.15, -0.1) is 0 Å². The lowest BCUT2D eigenvalue weighted by Gasteiger charge is -2.26. The predicted octanol–water partition coefficient (Wildman–Crippen LogP) is 0.855. The Morgan fingerprint density at radius 1 is 1.12 bits per heavy atom. The fourth-order valence-corrected chi connectivity index (χ4v) is 1.47. The lowest BCUT2D eigenvalue weighted by Crippen LogP contribution is -2.43. The Bertz CT molecular complexity index is 445. The van der Waals surface area contributed by atoms with Crippen molar-refractivity contribution >= 4 is 17.6 Å². The molecular weight excluding hydrogens is 220 g/mol. The van der Waals surface area contributed by atoms with Gasteiger partial charge in [0.05, 0.1) is 5.69 Å². The molecular formula is C10H7F2NO3. The minimum absolute atomic E-state index is 0.120. The van der Waals surface area contributed by atoms with Gasteiger partial charge in [-0.2, -0.15) is 0 Å².